The Balaban J connectivity index is 0.000000723. The van der Waals surface area contributed by atoms with Crippen LogP contribution < -0.4 is 18.9 Å². The van der Waals surface area contributed by atoms with Gasteiger partial charge < -0.3 is 18.9 Å². The molecule has 4 aromatic carbocycles. The van der Waals surface area contributed by atoms with E-state index in [-0.39, 0.29) is 0 Å². The molecule has 0 spiro atoms. The van der Waals surface area contributed by atoms with Crippen LogP contribution in [0.15, 0.2) is 127 Å². The summed E-state index contributed by atoms with van der Waals surface area (Å²) in [6.07, 6.45) is 0.722. The molecule has 4 rings (SSSR count). The largest absolute Gasteiger partial charge is 0.497 e. The van der Waals surface area contributed by atoms with Gasteiger partial charge in [-0.2, -0.15) is 0 Å². The van der Waals surface area contributed by atoms with Gasteiger partial charge in [0.05, 0.1) is 12.7 Å². The van der Waals surface area contributed by atoms with E-state index in [1.807, 2.05) is 75.4 Å². The molecule has 0 saturated carbocycles. The van der Waals surface area contributed by atoms with E-state index in [0.29, 0.717) is 41.5 Å². The molecule has 0 unspecified atom stereocenters. The van der Waals surface area contributed by atoms with Crippen molar-refractivity contribution in [1.82, 2.24) is 0 Å². The summed E-state index contributed by atoms with van der Waals surface area (Å²) in [5.74, 6) is 1.69. The standard InChI is InChI=1S/C31H26O6.C4H6O.C4H8/c1-21(2)19-35-30-18-28(16-17-29(30)24-10-12-26(34-3)13-11-24)37-31(33)25-6-4-22(5-7-25)23-8-14-27(15-9-23)36-20-32;1-4(2)3-5;1-4(2)3/h4-18,20H,1,19H2,2-3H3;3H,1H2,2H3;1H2,2-3H3. The van der Waals surface area contributed by atoms with Crippen LogP contribution in [0, 0.1) is 0 Å². The van der Waals surface area contributed by atoms with Crippen LogP contribution >= 0.6 is 0 Å². The minimum Gasteiger partial charge on any atom is -0.497 e. The molecule has 0 amide bonds. The zero-order chi connectivity index (χ0) is 34.1. The molecule has 0 saturated heterocycles. The molecule has 0 bridgehead atoms. The van der Waals surface area contributed by atoms with Gasteiger partial charge in [0, 0.05) is 11.6 Å². The Morgan fingerprint density at radius 3 is 1.65 bits per heavy atom. The molecular weight excluding hydrogens is 580 g/mol. The van der Waals surface area contributed by atoms with E-state index in [9.17, 15) is 14.4 Å². The Hall–Kier alpha value is -5.69. The molecular formula is C39H40O7. The summed E-state index contributed by atoms with van der Waals surface area (Å²) in [5, 5.41) is 0. The van der Waals surface area contributed by atoms with E-state index >= 15 is 0 Å². The van der Waals surface area contributed by atoms with Crippen molar-refractivity contribution < 1.29 is 33.3 Å². The van der Waals surface area contributed by atoms with Gasteiger partial charge in [0.15, 0.2) is 0 Å². The number of benzene rings is 4. The van der Waals surface area contributed by atoms with Crippen LogP contribution in [0.3, 0.4) is 0 Å². The third-order valence-electron chi connectivity index (χ3n) is 5.73. The van der Waals surface area contributed by atoms with Crippen molar-refractivity contribution >= 4 is 18.7 Å². The first-order valence-electron chi connectivity index (χ1n) is 14.3. The van der Waals surface area contributed by atoms with Crippen LogP contribution in [0.5, 0.6) is 23.0 Å². The van der Waals surface area contributed by atoms with Crippen molar-refractivity contribution in [2.75, 3.05) is 13.7 Å². The molecule has 0 aromatic heterocycles. The summed E-state index contributed by atoms with van der Waals surface area (Å²) >= 11 is 0. The maximum absolute atomic E-state index is 12.8. The highest BCUT2D eigenvalue weighted by Gasteiger charge is 2.14. The Kier molecular flexibility index (Phi) is 15.0. The molecule has 0 atom stereocenters. The topological polar surface area (TPSA) is 88.1 Å². The van der Waals surface area contributed by atoms with E-state index in [2.05, 4.69) is 19.7 Å². The predicted octanol–water partition coefficient (Wildman–Crippen LogP) is 9.08. The number of carbonyl (C=O) groups excluding carboxylic acids is 3. The van der Waals surface area contributed by atoms with Gasteiger partial charge in [0.1, 0.15) is 35.9 Å². The van der Waals surface area contributed by atoms with Crippen molar-refractivity contribution in [1.29, 1.82) is 0 Å². The van der Waals surface area contributed by atoms with Crippen LogP contribution in [-0.2, 0) is 9.59 Å². The van der Waals surface area contributed by atoms with E-state index in [1.54, 1.807) is 50.4 Å². The molecule has 4 aromatic rings. The zero-order valence-electron chi connectivity index (χ0n) is 27.0. The second-order valence-corrected chi connectivity index (χ2v) is 10.5. The summed E-state index contributed by atoms with van der Waals surface area (Å²) in [6.45, 7) is 19.0. The van der Waals surface area contributed by atoms with Crippen molar-refractivity contribution in [2.45, 2.75) is 27.7 Å². The van der Waals surface area contributed by atoms with Crippen LogP contribution in [0.1, 0.15) is 38.1 Å². The summed E-state index contributed by atoms with van der Waals surface area (Å²) in [4.78, 5) is 32.7. The van der Waals surface area contributed by atoms with Gasteiger partial charge in [0.2, 0.25) is 0 Å². The van der Waals surface area contributed by atoms with E-state index < -0.39 is 5.97 Å². The highest BCUT2D eigenvalue weighted by molar-refractivity contribution is 5.92. The summed E-state index contributed by atoms with van der Waals surface area (Å²) in [7, 11) is 1.62. The fraction of sp³-hybridized carbons (Fsp3) is 0.154. The molecule has 0 radical (unpaired) electrons. The average molecular weight is 621 g/mol. The predicted molar refractivity (Wildman–Crippen MR) is 184 cm³/mol. The van der Waals surface area contributed by atoms with Crippen LogP contribution in [0.25, 0.3) is 22.3 Å². The molecule has 0 aliphatic carbocycles. The maximum atomic E-state index is 12.8. The van der Waals surface area contributed by atoms with Gasteiger partial charge in [-0.3, -0.25) is 9.59 Å². The highest BCUT2D eigenvalue weighted by Crippen LogP contribution is 2.35. The van der Waals surface area contributed by atoms with Crippen molar-refractivity contribution in [3.8, 4) is 45.3 Å². The molecule has 0 aliphatic rings. The average Bonchev–Trinajstić information content (AvgIpc) is 3.04. The Morgan fingerprint density at radius 2 is 1.17 bits per heavy atom. The normalized spacial score (nSPS) is 9.59. The molecule has 7 nitrogen and oxygen atoms in total. The van der Waals surface area contributed by atoms with Gasteiger partial charge in [-0.15, -0.1) is 6.58 Å². The number of carbonyl (C=O) groups is 3. The fourth-order valence-electron chi connectivity index (χ4n) is 3.64. The quantitative estimate of drug-likeness (QED) is 0.0543. The number of ether oxygens (including phenoxy) is 4. The van der Waals surface area contributed by atoms with Gasteiger partial charge in [-0.25, -0.2) is 4.79 Å². The molecule has 0 heterocycles. The van der Waals surface area contributed by atoms with Crippen LogP contribution in [0.2, 0.25) is 0 Å². The Labute approximate surface area is 271 Å². The second kappa shape index (κ2) is 18.9. The number of methoxy groups -OCH3 is 1. The maximum Gasteiger partial charge on any atom is 0.343 e. The highest BCUT2D eigenvalue weighted by atomic mass is 16.5. The summed E-state index contributed by atoms with van der Waals surface area (Å²) in [6, 6.07) is 27.1. The number of hydrogen-bond donors (Lipinski definition) is 0. The Morgan fingerprint density at radius 1 is 0.696 bits per heavy atom. The minimum absolute atomic E-state index is 0.338. The molecule has 238 valence electrons. The lowest BCUT2D eigenvalue weighted by Gasteiger charge is -2.14. The number of aldehydes is 1. The zero-order valence-corrected chi connectivity index (χ0v) is 27.0. The first-order valence-corrected chi connectivity index (χ1v) is 14.3. The van der Waals surface area contributed by atoms with Crippen LogP contribution in [-0.4, -0.2) is 32.4 Å². The second-order valence-electron chi connectivity index (χ2n) is 10.5. The Bertz CT molecular complexity index is 1630. The minimum atomic E-state index is -0.482. The van der Waals surface area contributed by atoms with Gasteiger partial charge in [-0.1, -0.05) is 55.1 Å². The van der Waals surface area contributed by atoms with Gasteiger partial charge in [0.25, 0.3) is 6.47 Å². The first-order chi connectivity index (χ1) is 22.0. The number of esters is 1. The van der Waals surface area contributed by atoms with Crippen LogP contribution in [0.4, 0.5) is 0 Å². The fourth-order valence-corrected chi connectivity index (χ4v) is 3.64. The lowest BCUT2D eigenvalue weighted by atomic mass is 10.0. The number of allylic oxidation sites excluding steroid dienone is 2. The SMILES string of the molecule is C=C(C)C.C=C(C)C=O.C=C(C)COc1cc(OC(=O)c2ccc(-c3ccc(OC=O)cc3)cc2)ccc1-c1ccc(OC)cc1. The summed E-state index contributed by atoms with van der Waals surface area (Å²) < 4.78 is 21.7. The third kappa shape index (κ3) is 12.5. The smallest absolute Gasteiger partial charge is 0.343 e. The number of rotatable bonds is 11. The lowest BCUT2D eigenvalue weighted by molar-refractivity contribution is -0.120. The van der Waals surface area contributed by atoms with E-state index in [0.717, 1.165) is 39.9 Å². The molecule has 46 heavy (non-hydrogen) atoms. The monoisotopic (exact) mass is 620 g/mol. The first kappa shape index (κ1) is 36.5. The van der Waals surface area contributed by atoms with Gasteiger partial charge in [-0.05, 0) is 104 Å². The van der Waals surface area contributed by atoms with Crippen molar-refractivity contribution in [2.24, 2.45) is 0 Å². The molecule has 0 N–H and O–H groups in total. The summed E-state index contributed by atoms with van der Waals surface area (Å²) in [5.41, 5.74) is 6.65. The molecule has 0 fully saturated rings. The number of hydrogen-bond acceptors (Lipinski definition) is 7. The van der Waals surface area contributed by atoms with Crippen molar-refractivity contribution in [3.63, 3.8) is 0 Å². The lowest BCUT2D eigenvalue weighted by Crippen LogP contribution is -2.09. The third-order valence-corrected chi connectivity index (χ3v) is 5.73. The molecule has 0 aliphatic heterocycles. The van der Waals surface area contributed by atoms with E-state index in [1.165, 1.54) is 5.57 Å². The van der Waals surface area contributed by atoms with Crippen molar-refractivity contribution in [3.05, 3.63) is 133 Å². The van der Waals surface area contributed by atoms with Gasteiger partial charge >= 0.3 is 5.97 Å². The van der Waals surface area contributed by atoms with E-state index in [4.69, 9.17) is 18.9 Å². The molecule has 7 heteroatoms.